The van der Waals surface area contributed by atoms with Crippen molar-refractivity contribution in [1.82, 2.24) is 14.8 Å². The van der Waals surface area contributed by atoms with Crippen LogP contribution in [0.25, 0.3) is 22.3 Å². The third-order valence-corrected chi connectivity index (χ3v) is 4.04. The maximum Gasteiger partial charge on any atom is 0.387 e. The zero-order chi connectivity index (χ0) is 18.0. The van der Waals surface area contributed by atoms with Crippen LogP contribution in [0.2, 0.25) is 0 Å². The Bertz CT molecular complexity index is 908. The van der Waals surface area contributed by atoms with Gasteiger partial charge in [0.2, 0.25) is 0 Å². The fraction of sp³-hybridized carbons (Fsp3) is 0.278. The summed E-state index contributed by atoms with van der Waals surface area (Å²) in [6.45, 7) is 1.16. The Labute approximate surface area is 143 Å². The van der Waals surface area contributed by atoms with Gasteiger partial charge in [0.1, 0.15) is 17.0 Å². The number of fused-ring (bicyclic) bond motifs is 1. The lowest BCUT2D eigenvalue weighted by Crippen LogP contribution is -2.05. The molecule has 0 N–H and O–H groups in total. The van der Waals surface area contributed by atoms with Crippen LogP contribution in [-0.4, -0.2) is 27.7 Å². The van der Waals surface area contributed by atoms with E-state index >= 15 is 0 Å². The molecule has 0 aliphatic rings. The van der Waals surface area contributed by atoms with Gasteiger partial charge in [-0.15, -0.1) is 0 Å². The molecule has 1 atom stereocenters. The van der Waals surface area contributed by atoms with Gasteiger partial charge in [0, 0.05) is 23.4 Å². The van der Waals surface area contributed by atoms with Crippen LogP contribution in [0.1, 0.15) is 36.7 Å². The summed E-state index contributed by atoms with van der Waals surface area (Å²) in [7, 11) is 0. The van der Waals surface area contributed by atoms with E-state index < -0.39 is 6.61 Å². The summed E-state index contributed by atoms with van der Waals surface area (Å²) in [6, 6.07) is 8.18. The normalized spacial score (nSPS) is 12.5. The molecular weight excluding hydrogens is 328 g/mol. The van der Waals surface area contributed by atoms with Gasteiger partial charge in [-0.2, -0.15) is 13.9 Å². The molecule has 0 aliphatic heterocycles. The van der Waals surface area contributed by atoms with Crippen LogP contribution in [-0.2, 0) is 0 Å². The lowest BCUT2D eigenvalue weighted by molar-refractivity contribution is -0.0498. The van der Waals surface area contributed by atoms with Crippen LogP contribution in [0.5, 0.6) is 5.75 Å². The van der Waals surface area contributed by atoms with Crippen molar-refractivity contribution in [3.05, 3.63) is 42.1 Å². The van der Waals surface area contributed by atoms with E-state index in [2.05, 4.69) is 14.8 Å². The maximum atomic E-state index is 12.5. The first-order chi connectivity index (χ1) is 12.0. The van der Waals surface area contributed by atoms with Gasteiger partial charge in [0.05, 0.1) is 5.52 Å². The molecule has 3 rings (SSSR count). The number of hydrogen-bond acceptors (Lipinski definition) is 4. The van der Waals surface area contributed by atoms with Crippen molar-refractivity contribution < 1.29 is 18.3 Å². The summed E-state index contributed by atoms with van der Waals surface area (Å²) >= 11 is 0. The Morgan fingerprint density at radius 1 is 1.32 bits per heavy atom. The zero-order valence-electron chi connectivity index (χ0n) is 13.8. The smallest absolute Gasteiger partial charge is 0.387 e. The van der Waals surface area contributed by atoms with Crippen LogP contribution in [0.4, 0.5) is 8.78 Å². The van der Waals surface area contributed by atoms with Crippen LogP contribution in [0.3, 0.4) is 0 Å². The molecule has 0 radical (unpaired) electrons. The number of aromatic nitrogens is 3. The summed E-state index contributed by atoms with van der Waals surface area (Å²) in [5.74, 6) is 0.0586. The van der Waals surface area contributed by atoms with Crippen molar-refractivity contribution in [3.63, 3.8) is 0 Å². The van der Waals surface area contributed by atoms with Gasteiger partial charge in [0.15, 0.2) is 6.29 Å². The standard InChI is InChI=1S/C18H17F2N3O2/c1-3-11(2)23-15-7-12(10-24)9-21-17(15)16(22-23)13-5-4-6-14(8-13)25-18(19)20/h4-11,18H,3H2,1-2H3. The highest BCUT2D eigenvalue weighted by atomic mass is 19.3. The van der Waals surface area contributed by atoms with E-state index in [9.17, 15) is 13.6 Å². The van der Waals surface area contributed by atoms with Gasteiger partial charge in [-0.3, -0.25) is 14.5 Å². The molecule has 2 heterocycles. The van der Waals surface area contributed by atoms with E-state index in [1.807, 2.05) is 18.5 Å². The summed E-state index contributed by atoms with van der Waals surface area (Å²) in [4.78, 5) is 15.4. The second kappa shape index (κ2) is 6.96. The highest BCUT2D eigenvalue weighted by molar-refractivity contribution is 5.93. The predicted octanol–water partition coefficient (Wildman–Crippen LogP) is 4.48. The SMILES string of the molecule is CCC(C)n1nc(-c2cccc(OC(F)F)c2)c2ncc(C=O)cc21. The van der Waals surface area contributed by atoms with Crippen LogP contribution >= 0.6 is 0 Å². The topological polar surface area (TPSA) is 57.0 Å². The number of carbonyl (C=O) groups excluding carboxylic acids is 1. The van der Waals surface area contributed by atoms with E-state index in [1.165, 1.54) is 18.3 Å². The molecule has 2 aromatic heterocycles. The number of rotatable bonds is 6. The molecule has 7 heteroatoms. The quantitative estimate of drug-likeness (QED) is 0.618. The van der Waals surface area contributed by atoms with Crippen molar-refractivity contribution >= 4 is 17.3 Å². The highest BCUT2D eigenvalue weighted by Crippen LogP contribution is 2.31. The van der Waals surface area contributed by atoms with Crippen LogP contribution in [0.15, 0.2) is 36.5 Å². The Hall–Kier alpha value is -2.83. The molecule has 0 bridgehead atoms. The second-order valence-electron chi connectivity index (χ2n) is 5.71. The van der Waals surface area contributed by atoms with E-state index in [0.29, 0.717) is 22.3 Å². The van der Waals surface area contributed by atoms with Crippen molar-refractivity contribution in [1.29, 1.82) is 0 Å². The summed E-state index contributed by atoms with van der Waals surface area (Å²) in [5.41, 5.74) is 2.98. The zero-order valence-corrected chi connectivity index (χ0v) is 13.8. The number of nitrogens with zero attached hydrogens (tertiary/aromatic N) is 3. The molecule has 0 saturated carbocycles. The average Bonchev–Trinajstić information content (AvgIpc) is 2.99. The first kappa shape index (κ1) is 17.0. The third kappa shape index (κ3) is 3.35. The van der Waals surface area contributed by atoms with Gasteiger partial charge in [-0.1, -0.05) is 19.1 Å². The Kier molecular flexibility index (Phi) is 4.74. The Balaban J connectivity index is 2.18. The second-order valence-corrected chi connectivity index (χ2v) is 5.71. The summed E-state index contributed by atoms with van der Waals surface area (Å²) in [6.07, 6.45) is 3.05. The molecule has 0 amide bonds. The van der Waals surface area contributed by atoms with Gasteiger partial charge < -0.3 is 4.74 Å². The summed E-state index contributed by atoms with van der Waals surface area (Å²) in [5, 5.41) is 4.62. The van der Waals surface area contributed by atoms with E-state index in [-0.39, 0.29) is 11.8 Å². The number of ether oxygens (including phenoxy) is 1. The van der Waals surface area contributed by atoms with Crippen molar-refractivity contribution in [3.8, 4) is 17.0 Å². The molecule has 3 aromatic rings. The molecule has 0 spiro atoms. The first-order valence-corrected chi connectivity index (χ1v) is 7.92. The highest BCUT2D eigenvalue weighted by Gasteiger charge is 2.18. The number of hydrogen-bond donors (Lipinski definition) is 0. The molecule has 1 unspecified atom stereocenters. The molecule has 5 nitrogen and oxygen atoms in total. The van der Waals surface area contributed by atoms with Crippen molar-refractivity contribution in [2.24, 2.45) is 0 Å². The van der Waals surface area contributed by atoms with Crippen molar-refractivity contribution in [2.75, 3.05) is 0 Å². The van der Waals surface area contributed by atoms with Gasteiger partial charge >= 0.3 is 6.61 Å². The number of aldehydes is 1. The number of alkyl halides is 2. The molecule has 25 heavy (non-hydrogen) atoms. The van der Waals surface area contributed by atoms with Crippen molar-refractivity contribution in [2.45, 2.75) is 32.9 Å². The van der Waals surface area contributed by atoms with E-state index in [1.54, 1.807) is 18.2 Å². The third-order valence-electron chi connectivity index (χ3n) is 4.04. The monoisotopic (exact) mass is 345 g/mol. The molecule has 130 valence electrons. The fourth-order valence-corrected chi connectivity index (χ4v) is 2.62. The van der Waals surface area contributed by atoms with Gasteiger partial charge in [0.25, 0.3) is 0 Å². The maximum absolute atomic E-state index is 12.5. The van der Waals surface area contributed by atoms with E-state index in [4.69, 9.17) is 0 Å². The Morgan fingerprint density at radius 2 is 2.12 bits per heavy atom. The summed E-state index contributed by atoms with van der Waals surface area (Å²) < 4.78 is 31.2. The molecule has 0 aliphatic carbocycles. The van der Waals surface area contributed by atoms with Crippen LogP contribution < -0.4 is 4.74 Å². The lowest BCUT2D eigenvalue weighted by Gasteiger charge is -2.10. The largest absolute Gasteiger partial charge is 0.435 e. The minimum absolute atomic E-state index is 0.0586. The van der Waals surface area contributed by atoms with Gasteiger partial charge in [-0.25, -0.2) is 0 Å². The Morgan fingerprint density at radius 3 is 2.80 bits per heavy atom. The first-order valence-electron chi connectivity index (χ1n) is 7.92. The lowest BCUT2D eigenvalue weighted by atomic mass is 10.1. The predicted molar refractivity (Wildman–Crippen MR) is 90.0 cm³/mol. The molecular formula is C18H17F2N3O2. The minimum Gasteiger partial charge on any atom is -0.435 e. The molecule has 1 aromatic carbocycles. The number of pyridine rings is 1. The minimum atomic E-state index is -2.89. The number of carbonyl (C=O) groups is 1. The van der Waals surface area contributed by atoms with Gasteiger partial charge in [-0.05, 0) is 31.5 Å². The fourth-order valence-electron chi connectivity index (χ4n) is 2.62. The molecule has 0 saturated heterocycles. The van der Waals surface area contributed by atoms with Crippen LogP contribution in [0, 0.1) is 0 Å². The average molecular weight is 345 g/mol. The molecule has 0 fully saturated rings. The number of halogens is 2. The number of benzene rings is 1. The van der Waals surface area contributed by atoms with E-state index in [0.717, 1.165) is 18.2 Å².